The zero-order valence-corrected chi connectivity index (χ0v) is 11.8. The summed E-state index contributed by atoms with van der Waals surface area (Å²) in [5.41, 5.74) is 3.01. The molecule has 1 N–H and O–H groups in total. The molecule has 0 aliphatic heterocycles. The minimum atomic E-state index is 0.826. The minimum Gasteiger partial charge on any atom is -0.317 e. The fraction of sp³-hybridized carbons (Fsp3) is 0.625. The molecule has 2 rings (SSSR count). The van der Waals surface area contributed by atoms with E-state index >= 15 is 0 Å². The van der Waals surface area contributed by atoms with Crippen molar-refractivity contribution >= 4 is 0 Å². The van der Waals surface area contributed by atoms with Crippen LogP contribution in [0.1, 0.15) is 37.3 Å². The van der Waals surface area contributed by atoms with E-state index in [0.717, 1.165) is 32.1 Å². The van der Waals surface area contributed by atoms with Crippen LogP contribution in [0.25, 0.3) is 0 Å². The molecule has 0 saturated heterocycles. The molecule has 0 spiro atoms. The number of nitrogens with one attached hydrogen (secondary N) is 1. The van der Waals surface area contributed by atoms with Crippen LogP contribution in [0, 0.1) is 0 Å². The lowest BCUT2D eigenvalue weighted by molar-refractivity contribution is 0.152. The second kappa shape index (κ2) is 6.91. The first-order valence-corrected chi connectivity index (χ1v) is 7.29. The summed E-state index contributed by atoms with van der Waals surface area (Å²) in [4.78, 5) is 2.52. The van der Waals surface area contributed by atoms with Crippen LogP contribution in [0.4, 0.5) is 0 Å². The normalized spacial score (nSPS) is 15.9. The van der Waals surface area contributed by atoms with Gasteiger partial charge in [0.2, 0.25) is 0 Å². The van der Waals surface area contributed by atoms with E-state index in [9.17, 15) is 0 Å². The fourth-order valence-electron chi connectivity index (χ4n) is 2.58. The monoisotopic (exact) mass is 246 g/mol. The molecule has 0 bridgehead atoms. The third-order valence-electron chi connectivity index (χ3n) is 4.06. The molecule has 0 aromatic heterocycles. The van der Waals surface area contributed by atoms with Crippen LogP contribution in [0.5, 0.6) is 0 Å². The number of benzene rings is 1. The van der Waals surface area contributed by atoms with Gasteiger partial charge >= 0.3 is 0 Å². The van der Waals surface area contributed by atoms with Gasteiger partial charge in [0, 0.05) is 12.6 Å². The van der Waals surface area contributed by atoms with E-state index in [1.165, 1.54) is 30.4 Å². The molecule has 18 heavy (non-hydrogen) atoms. The van der Waals surface area contributed by atoms with Crippen molar-refractivity contribution in [1.29, 1.82) is 0 Å². The largest absolute Gasteiger partial charge is 0.317 e. The first kappa shape index (κ1) is 13.6. The third kappa shape index (κ3) is 3.56. The average molecular weight is 246 g/mol. The summed E-state index contributed by atoms with van der Waals surface area (Å²) < 4.78 is 0. The first-order chi connectivity index (χ1) is 8.81. The van der Waals surface area contributed by atoms with Gasteiger partial charge in [0.05, 0.1) is 0 Å². The molecule has 2 heteroatoms. The Kier molecular flexibility index (Phi) is 5.21. The highest BCUT2D eigenvalue weighted by Crippen LogP contribution is 2.25. The van der Waals surface area contributed by atoms with Gasteiger partial charge < -0.3 is 5.32 Å². The SMILES string of the molecule is CCNCCc1ccccc1CN(C)C1CCC1. The lowest BCUT2D eigenvalue weighted by atomic mass is 9.91. The maximum Gasteiger partial charge on any atom is 0.0236 e. The van der Waals surface area contributed by atoms with Gasteiger partial charge in [-0.15, -0.1) is 0 Å². The van der Waals surface area contributed by atoms with E-state index in [-0.39, 0.29) is 0 Å². The Balaban J connectivity index is 1.93. The van der Waals surface area contributed by atoms with Gasteiger partial charge in [0.1, 0.15) is 0 Å². The molecule has 0 radical (unpaired) electrons. The molecule has 1 aromatic rings. The van der Waals surface area contributed by atoms with Crippen molar-refractivity contribution in [2.45, 2.75) is 45.2 Å². The lowest BCUT2D eigenvalue weighted by Gasteiger charge is -2.35. The van der Waals surface area contributed by atoms with Crippen LogP contribution in [0.3, 0.4) is 0 Å². The summed E-state index contributed by atoms with van der Waals surface area (Å²) >= 11 is 0. The Morgan fingerprint density at radius 2 is 1.94 bits per heavy atom. The van der Waals surface area contributed by atoms with Crippen molar-refractivity contribution < 1.29 is 0 Å². The van der Waals surface area contributed by atoms with E-state index < -0.39 is 0 Å². The van der Waals surface area contributed by atoms with Crippen LogP contribution in [0.15, 0.2) is 24.3 Å². The van der Waals surface area contributed by atoms with Crippen molar-refractivity contribution in [2.24, 2.45) is 0 Å². The molecule has 0 atom stereocenters. The smallest absolute Gasteiger partial charge is 0.0236 e. The Bertz CT molecular complexity index is 358. The van der Waals surface area contributed by atoms with Crippen molar-refractivity contribution in [1.82, 2.24) is 10.2 Å². The Morgan fingerprint density at radius 3 is 2.56 bits per heavy atom. The highest BCUT2D eigenvalue weighted by Gasteiger charge is 2.22. The minimum absolute atomic E-state index is 0.826. The highest BCUT2D eigenvalue weighted by molar-refractivity contribution is 5.27. The summed E-state index contributed by atoms with van der Waals surface area (Å²) in [5.74, 6) is 0. The molecule has 1 aromatic carbocycles. The van der Waals surface area contributed by atoms with E-state index in [0.29, 0.717) is 0 Å². The predicted octanol–water partition coefficient (Wildman–Crippen LogP) is 2.82. The number of rotatable bonds is 7. The number of likely N-dealkylation sites (N-methyl/N-ethyl adjacent to an activating group) is 1. The van der Waals surface area contributed by atoms with E-state index in [4.69, 9.17) is 0 Å². The molecule has 1 fully saturated rings. The van der Waals surface area contributed by atoms with Crippen molar-refractivity contribution in [3.63, 3.8) is 0 Å². The third-order valence-corrected chi connectivity index (χ3v) is 4.06. The summed E-state index contributed by atoms with van der Waals surface area (Å²) in [5, 5.41) is 3.41. The molecule has 0 amide bonds. The molecule has 0 heterocycles. The van der Waals surface area contributed by atoms with Crippen LogP contribution < -0.4 is 5.32 Å². The highest BCUT2D eigenvalue weighted by atomic mass is 15.1. The van der Waals surface area contributed by atoms with E-state index in [1.54, 1.807) is 0 Å². The zero-order chi connectivity index (χ0) is 12.8. The molecule has 1 saturated carbocycles. The summed E-state index contributed by atoms with van der Waals surface area (Å²) in [7, 11) is 2.27. The number of nitrogens with zero attached hydrogens (tertiary/aromatic N) is 1. The maximum absolute atomic E-state index is 3.41. The van der Waals surface area contributed by atoms with Gasteiger partial charge in [-0.3, -0.25) is 4.90 Å². The molecule has 2 nitrogen and oxygen atoms in total. The van der Waals surface area contributed by atoms with Gasteiger partial charge in [0.25, 0.3) is 0 Å². The van der Waals surface area contributed by atoms with Crippen molar-refractivity contribution in [3.8, 4) is 0 Å². The summed E-state index contributed by atoms with van der Waals surface area (Å²) in [6.45, 7) is 5.41. The van der Waals surface area contributed by atoms with Gasteiger partial charge in [-0.05, 0) is 50.5 Å². The zero-order valence-electron chi connectivity index (χ0n) is 11.8. The quantitative estimate of drug-likeness (QED) is 0.744. The van der Waals surface area contributed by atoms with Crippen molar-refractivity contribution in [2.75, 3.05) is 20.1 Å². The topological polar surface area (TPSA) is 15.3 Å². The van der Waals surface area contributed by atoms with Gasteiger partial charge in [-0.2, -0.15) is 0 Å². The average Bonchev–Trinajstić information content (AvgIpc) is 2.29. The molecule has 100 valence electrons. The van der Waals surface area contributed by atoms with Crippen LogP contribution in [-0.4, -0.2) is 31.1 Å². The van der Waals surface area contributed by atoms with Gasteiger partial charge in [0.15, 0.2) is 0 Å². The number of hydrogen-bond acceptors (Lipinski definition) is 2. The van der Waals surface area contributed by atoms with E-state index in [1.807, 2.05) is 0 Å². The molecule has 1 aliphatic rings. The lowest BCUT2D eigenvalue weighted by Crippen LogP contribution is -2.36. The Morgan fingerprint density at radius 1 is 1.22 bits per heavy atom. The second-order valence-electron chi connectivity index (χ2n) is 5.37. The summed E-state index contributed by atoms with van der Waals surface area (Å²) in [6.07, 6.45) is 5.33. The van der Waals surface area contributed by atoms with Gasteiger partial charge in [-0.25, -0.2) is 0 Å². The predicted molar refractivity (Wildman–Crippen MR) is 77.8 cm³/mol. The summed E-state index contributed by atoms with van der Waals surface area (Å²) in [6, 6.07) is 9.72. The van der Waals surface area contributed by atoms with Crippen molar-refractivity contribution in [3.05, 3.63) is 35.4 Å². The first-order valence-electron chi connectivity index (χ1n) is 7.29. The number of hydrogen-bond donors (Lipinski definition) is 1. The fourth-order valence-corrected chi connectivity index (χ4v) is 2.58. The molecular formula is C16H26N2. The standard InChI is InChI=1S/C16H26N2/c1-3-17-12-11-14-7-4-5-8-15(14)13-18(2)16-9-6-10-16/h4-5,7-8,16-17H,3,6,9-13H2,1-2H3. The molecule has 0 unspecified atom stereocenters. The van der Waals surface area contributed by atoms with Gasteiger partial charge in [-0.1, -0.05) is 37.6 Å². The Labute approximate surface area is 111 Å². The van der Waals surface area contributed by atoms with E-state index in [2.05, 4.69) is 48.5 Å². The Hall–Kier alpha value is -0.860. The van der Waals surface area contributed by atoms with Crippen LogP contribution in [-0.2, 0) is 13.0 Å². The second-order valence-corrected chi connectivity index (χ2v) is 5.37. The van der Waals surface area contributed by atoms with Crippen LogP contribution in [0.2, 0.25) is 0 Å². The van der Waals surface area contributed by atoms with Crippen LogP contribution >= 0.6 is 0 Å². The maximum atomic E-state index is 3.41. The molecule has 1 aliphatic carbocycles. The molecular weight excluding hydrogens is 220 g/mol.